The SMILES string of the molecule is Cn1c(=O)oc2cc(S(=O)(=O)Nc3ccc4c(c3)CCO4)ccc21. The molecule has 7 nitrogen and oxygen atoms in total. The summed E-state index contributed by atoms with van der Waals surface area (Å²) in [7, 11) is -2.23. The van der Waals surface area contributed by atoms with Crippen molar-refractivity contribution in [2.75, 3.05) is 11.3 Å². The number of aromatic nitrogens is 1. The van der Waals surface area contributed by atoms with E-state index in [1.807, 2.05) is 0 Å². The normalized spacial score (nSPS) is 13.7. The second kappa shape index (κ2) is 5.13. The molecule has 0 aliphatic carbocycles. The molecule has 1 aliphatic rings. The van der Waals surface area contributed by atoms with E-state index in [1.165, 1.54) is 16.7 Å². The summed E-state index contributed by atoms with van der Waals surface area (Å²) >= 11 is 0. The van der Waals surface area contributed by atoms with E-state index < -0.39 is 15.8 Å². The van der Waals surface area contributed by atoms with Crippen molar-refractivity contribution in [2.45, 2.75) is 11.3 Å². The fourth-order valence-corrected chi connectivity index (χ4v) is 3.81. The third-order valence-corrected chi connectivity index (χ3v) is 5.39. The highest BCUT2D eigenvalue weighted by Crippen LogP contribution is 2.29. The van der Waals surface area contributed by atoms with Crippen LogP contribution < -0.4 is 15.2 Å². The molecule has 0 unspecified atom stereocenters. The van der Waals surface area contributed by atoms with Crippen LogP contribution in [0.1, 0.15) is 5.56 Å². The topological polar surface area (TPSA) is 90.5 Å². The van der Waals surface area contributed by atoms with Gasteiger partial charge in [-0.05, 0) is 35.9 Å². The summed E-state index contributed by atoms with van der Waals surface area (Å²) in [6, 6.07) is 9.50. The Bertz CT molecular complexity index is 1110. The number of benzene rings is 2. The molecule has 0 atom stereocenters. The Morgan fingerprint density at radius 1 is 1.17 bits per heavy atom. The van der Waals surface area contributed by atoms with Gasteiger partial charge in [-0.25, -0.2) is 13.2 Å². The maximum atomic E-state index is 12.6. The summed E-state index contributed by atoms with van der Waals surface area (Å²) in [6.45, 7) is 0.606. The minimum atomic E-state index is -3.79. The summed E-state index contributed by atoms with van der Waals surface area (Å²) in [4.78, 5) is 11.5. The summed E-state index contributed by atoms with van der Waals surface area (Å²) < 4.78 is 39.4. The third-order valence-electron chi connectivity index (χ3n) is 4.02. The van der Waals surface area contributed by atoms with Gasteiger partial charge < -0.3 is 9.15 Å². The van der Waals surface area contributed by atoms with Crippen LogP contribution in [0.25, 0.3) is 11.1 Å². The fraction of sp³-hybridized carbons (Fsp3) is 0.188. The molecule has 124 valence electrons. The van der Waals surface area contributed by atoms with Crippen molar-refractivity contribution in [1.29, 1.82) is 0 Å². The van der Waals surface area contributed by atoms with Crippen molar-refractivity contribution in [2.24, 2.45) is 7.05 Å². The monoisotopic (exact) mass is 346 g/mol. The number of oxazole rings is 1. The Kier molecular flexibility index (Phi) is 3.17. The predicted molar refractivity (Wildman–Crippen MR) is 87.9 cm³/mol. The van der Waals surface area contributed by atoms with Crippen LogP contribution in [0.3, 0.4) is 0 Å². The van der Waals surface area contributed by atoms with Crippen LogP contribution in [0.5, 0.6) is 5.75 Å². The van der Waals surface area contributed by atoms with E-state index in [1.54, 1.807) is 31.3 Å². The van der Waals surface area contributed by atoms with E-state index in [4.69, 9.17) is 9.15 Å². The van der Waals surface area contributed by atoms with Gasteiger partial charge in [-0.1, -0.05) is 0 Å². The number of hydrogen-bond donors (Lipinski definition) is 1. The lowest BCUT2D eigenvalue weighted by Gasteiger charge is -2.09. The van der Waals surface area contributed by atoms with Crippen LogP contribution in [0, 0.1) is 0 Å². The summed E-state index contributed by atoms with van der Waals surface area (Å²) in [6.07, 6.45) is 0.756. The minimum absolute atomic E-state index is 0.0288. The molecule has 8 heteroatoms. The van der Waals surface area contributed by atoms with Gasteiger partial charge in [0.1, 0.15) is 5.75 Å². The van der Waals surface area contributed by atoms with E-state index >= 15 is 0 Å². The Labute approximate surface area is 137 Å². The molecule has 0 radical (unpaired) electrons. The van der Waals surface area contributed by atoms with Crippen molar-refractivity contribution in [1.82, 2.24) is 4.57 Å². The number of anilines is 1. The second-order valence-corrected chi connectivity index (χ2v) is 7.27. The lowest BCUT2D eigenvalue weighted by atomic mass is 10.1. The molecule has 2 heterocycles. The molecule has 0 bridgehead atoms. The zero-order valence-electron chi connectivity index (χ0n) is 12.8. The third kappa shape index (κ3) is 2.35. The lowest BCUT2D eigenvalue weighted by molar-refractivity contribution is 0.357. The van der Waals surface area contributed by atoms with Crippen LogP contribution >= 0.6 is 0 Å². The molecular formula is C16H14N2O5S. The van der Waals surface area contributed by atoms with E-state index in [9.17, 15) is 13.2 Å². The highest BCUT2D eigenvalue weighted by molar-refractivity contribution is 7.92. The van der Waals surface area contributed by atoms with Crippen LogP contribution in [0.2, 0.25) is 0 Å². The predicted octanol–water partition coefficient (Wildman–Crippen LogP) is 1.87. The highest BCUT2D eigenvalue weighted by atomic mass is 32.2. The fourth-order valence-electron chi connectivity index (χ4n) is 2.75. The number of ether oxygens (including phenoxy) is 1. The smallest absolute Gasteiger partial charge is 0.419 e. The number of rotatable bonds is 3. The average molecular weight is 346 g/mol. The Morgan fingerprint density at radius 3 is 2.83 bits per heavy atom. The Hall–Kier alpha value is -2.74. The Morgan fingerprint density at radius 2 is 2.00 bits per heavy atom. The molecule has 1 N–H and O–H groups in total. The number of hydrogen-bond acceptors (Lipinski definition) is 5. The van der Waals surface area contributed by atoms with Gasteiger partial charge in [0.2, 0.25) is 0 Å². The standard InChI is InChI=1S/C16H14N2O5S/c1-18-13-4-3-12(9-15(13)23-16(18)19)24(20,21)17-11-2-5-14-10(8-11)6-7-22-14/h2-5,8-9,17H,6-7H2,1H3. The molecule has 0 amide bonds. The molecule has 24 heavy (non-hydrogen) atoms. The molecule has 3 aromatic rings. The molecule has 0 spiro atoms. The van der Waals surface area contributed by atoms with Crippen LogP contribution in [0.15, 0.2) is 50.5 Å². The number of fused-ring (bicyclic) bond motifs is 2. The number of nitrogens with one attached hydrogen (secondary N) is 1. The maximum Gasteiger partial charge on any atom is 0.419 e. The van der Waals surface area contributed by atoms with Crippen molar-refractivity contribution >= 4 is 26.8 Å². The quantitative estimate of drug-likeness (QED) is 0.782. The summed E-state index contributed by atoms with van der Waals surface area (Å²) in [5.74, 6) is 0.247. The van der Waals surface area contributed by atoms with E-state index in [-0.39, 0.29) is 10.5 Å². The van der Waals surface area contributed by atoms with Gasteiger partial charge in [0, 0.05) is 25.2 Å². The van der Waals surface area contributed by atoms with Crippen LogP contribution in [-0.2, 0) is 23.5 Å². The summed E-state index contributed by atoms with van der Waals surface area (Å²) in [5, 5.41) is 0. The highest BCUT2D eigenvalue weighted by Gasteiger charge is 2.19. The van der Waals surface area contributed by atoms with Crippen molar-refractivity contribution < 1.29 is 17.6 Å². The molecule has 4 rings (SSSR count). The Balaban J connectivity index is 1.71. The first-order valence-corrected chi connectivity index (χ1v) is 8.80. The van der Waals surface area contributed by atoms with Crippen LogP contribution in [-0.4, -0.2) is 19.6 Å². The molecule has 1 aliphatic heterocycles. The van der Waals surface area contributed by atoms with Crippen molar-refractivity contribution in [3.8, 4) is 5.75 Å². The number of nitrogens with zero attached hydrogens (tertiary/aromatic N) is 1. The second-order valence-electron chi connectivity index (χ2n) is 5.58. The first-order valence-electron chi connectivity index (χ1n) is 7.32. The van der Waals surface area contributed by atoms with Gasteiger partial charge in [-0.15, -0.1) is 0 Å². The molecule has 1 aromatic heterocycles. The van der Waals surface area contributed by atoms with Gasteiger partial charge >= 0.3 is 5.76 Å². The van der Waals surface area contributed by atoms with Crippen molar-refractivity contribution in [3.63, 3.8) is 0 Å². The number of sulfonamides is 1. The zero-order valence-corrected chi connectivity index (χ0v) is 13.6. The van der Waals surface area contributed by atoms with Gasteiger partial charge in [0.05, 0.1) is 17.0 Å². The first kappa shape index (κ1) is 14.8. The van der Waals surface area contributed by atoms with Gasteiger partial charge in [0.15, 0.2) is 5.58 Å². The molecule has 2 aromatic carbocycles. The molecule has 0 fully saturated rings. The summed E-state index contributed by atoms with van der Waals surface area (Å²) in [5.41, 5.74) is 2.20. The van der Waals surface area contributed by atoms with Gasteiger partial charge in [-0.3, -0.25) is 9.29 Å². The van der Waals surface area contributed by atoms with Crippen molar-refractivity contribution in [3.05, 3.63) is 52.5 Å². The van der Waals surface area contributed by atoms with E-state index in [2.05, 4.69) is 4.72 Å². The minimum Gasteiger partial charge on any atom is -0.493 e. The van der Waals surface area contributed by atoms with Gasteiger partial charge in [0.25, 0.3) is 10.0 Å². The largest absolute Gasteiger partial charge is 0.493 e. The van der Waals surface area contributed by atoms with Crippen LogP contribution in [0.4, 0.5) is 5.69 Å². The van der Waals surface area contributed by atoms with Gasteiger partial charge in [-0.2, -0.15) is 0 Å². The lowest BCUT2D eigenvalue weighted by Crippen LogP contribution is -2.13. The van der Waals surface area contributed by atoms with E-state index in [0.29, 0.717) is 17.8 Å². The van der Waals surface area contributed by atoms with E-state index in [0.717, 1.165) is 17.7 Å². The first-order chi connectivity index (χ1) is 11.4. The maximum absolute atomic E-state index is 12.6. The molecular weight excluding hydrogens is 332 g/mol. The molecule has 0 saturated carbocycles. The average Bonchev–Trinajstić information content (AvgIpc) is 3.11. The number of aryl methyl sites for hydroxylation is 1. The zero-order chi connectivity index (χ0) is 16.9. The molecule has 0 saturated heterocycles.